The predicted molar refractivity (Wildman–Crippen MR) is 97.2 cm³/mol. The Hall–Kier alpha value is -2.93. The molecule has 2 aromatic carbocycles. The Bertz CT molecular complexity index is 1140. The summed E-state index contributed by atoms with van der Waals surface area (Å²) in [5.74, 6) is -0.438. The molecular weight excluding hydrogens is 356 g/mol. The Morgan fingerprint density at radius 3 is 2.42 bits per heavy atom. The number of aryl methyl sites for hydroxylation is 1. The van der Waals surface area contributed by atoms with E-state index in [9.17, 15) is 18.0 Å². The van der Waals surface area contributed by atoms with E-state index in [1.807, 2.05) is 0 Å². The van der Waals surface area contributed by atoms with E-state index in [1.165, 1.54) is 24.3 Å². The van der Waals surface area contributed by atoms with E-state index in [0.717, 1.165) is 17.2 Å². The van der Waals surface area contributed by atoms with Gasteiger partial charge in [0, 0.05) is 23.8 Å². The average molecular weight is 372 g/mol. The van der Waals surface area contributed by atoms with Crippen LogP contribution >= 0.6 is 0 Å². The topological polar surface area (TPSA) is 90.7 Å². The van der Waals surface area contributed by atoms with Crippen molar-refractivity contribution in [3.8, 4) is 5.75 Å². The monoisotopic (exact) mass is 372 g/mol. The van der Waals surface area contributed by atoms with Gasteiger partial charge in [0.15, 0.2) is 9.84 Å². The summed E-state index contributed by atoms with van der Waals surface area (Å²) in [6.45, 7) is 1.79. The first kappa shape index (κ1) is 17.9. The molecule has 0 aliphatic carbocycles. The maximum absolute atomic E-state index is 12.2. The summed E-state index contributed by atoms with van der Waals surface area (Å²) in [6.07, 6.45) is 1.15. The number of esters is 1. The second kappa shape index (κ2) is 6.76. The third-order valence-electron chi connectivity index (χ3n) is 3.75. The van der Waals surface area contributed by atoms with Crippen LogP contribution in [0.3, 0.4) is 0 Å². The van der Waals surface area contributed by atoms with Gasteiger partial charge in [-0.15, -0.1) is 0 Å². The van der Waals surface area contributed by atoms with Gasteiger partial charge in [-0.3, -0.25) is 0 Å². The van der Waals surface area contributed by atoms with Crippen LogP contribution in [0, 0.1) is 6.92 Å². The van der Waals surface area contributed by atoms with Gasteiger partial charge in [-0.05, 0) is 42.3 Å². The van der Waals surface area contributed by atoms with E-state index in [2.05, 4.69) is 0 Å². The number of benzene rings is 2. The Balaban J connectivity index is 1.81. The zero-order chi connectivity index (χ0) is 18.9. The van der Waals surface area contributed by atoms with Gasteiger partial charge in [-0.2, -0.15) is 0 Å². The van der Waals surface area contributed by atoms with Crippen LogP contribution < -0.4 is 10.4 Å². The highest BCUT2D eigenvalue weighted by Crippen LogP contribution is 2.23. The Morgan fingerprint density at radius 1 is 1.08 bits per heavy atom. The normalized spacial score (nSPS) is 11.5. The maximum atomic E-state index is 12.2. The third kappa shape index (κ3) is 4.18. The summed E-state index contributed by atoms with van der Waals surface area (Å²) in [7, 11) is -3.14. The number of hydrogen-bond acceptors (Lipinski definition) is 6. The quantitative estimate of drug-likeness (QED) is 0.397. The SMILES string of the molecule is Cc1cc(=O)oc2cc(OC(=O)c3ccc(CS(C)(=O)=O)cc3)ccc12. The molecule has 3 aromatic rings. The van der Waals surface area contributed by atoms with Crippen molar-refractivity contribution in [2.75, 3.05) is 6.26 Å². The second-order valence-corrected chi connectivity index (χ2v) is 8.20. The van der Waals surface area contributed by atoms with Crippen molar-refractivity contribution in [3.63, 3.8) is 0 Å². The zero-order valence-corrected chi connectivity index (χ0v) is 15.0. The molecule has 1 heterocycles. The van der Waals surface area contributed by atoms with Crippen molar-refractivity contribution in [1.29, 1.82) is 0 Å². The Kier molecular flexibility index (Phi) is 4.65. The summed E-state index contributed by atoms with van der Waals surface area (Å²) in [5, 5.41) is 0.759. The number of carbonyl (C=O) groups is 1. The van der Waals surface area contributed by atoms with E-state index in [4.69, 9.17) is 9.15 Å². The fraction of sp³-hybridized carbons (Fsp3) is 0.158. The van der Waals surface area contributed by atoms with Crippen molar-refractivity contribution in [1.82, 2.24) is 0 Å². The minimum atomic E-state index is -3.14. The molecule has 0 amide bonds. The van der Waals surface area contributed by atoms with Gasteiger partial charge < -0.3 is 9.15 Å². The molecule has 3 rings (SSSR count). The van der Waals surface area contributed by atoms with Crippen LogP contribution in [0.2, 0.25) is 0 Å². The molecule has 134 valence electrons. The molecule has 0 spiro atoms. The molecule has 0 aliphatic rings. The number of rotatable bonds is 4. The molecule has 0 N–H and O–H groups in total. The van der Waals surface area contributed by atoms with Crippen LogP contribution in [0.25, 0.3) is 11.0 Å². The van der Waals surface area contributed by atoms with E-state index in [0.29, 0.717) is 11.1 Å². The molecule has 6 nitrogen and oxygen atoms in total. The standard InChI is InChI=1S/C19H16O6S/c1-12-9-18(20)25-17-10-15(7-8-16(12)17)24-19(21)14-5-3-13(4-6-14)11-26(2,22)23/h3-10H,11H2,1-2H3. The first-order valence-electron chi connectivity index (χ1n) is 7.75. The minimum absolute atomic E-state index is 0.0919. The smallest absolute Gasteiger partial charge is 0.343 e. The molecule has 0 unspecified atom stereocenters. The molecule has 0 saturated heterocycles. The van der Waals surface area contributed by atoms with E-state index >= 15 is 0 Å². The third-order valence-corrected chi connectivity index (χ3v) is 4.61. The summed E-state index contributed by atoms with van der Waals surface area (Å²) in [5.41, 5.74) is 1.51. The number of sulfone groups is 1. The van der Waals surface area contributed by atoms with Crippen molar-refractivity contribution < 1.29 is 22.4 Å². The van der Waals surface area contributed by atoms with Crippen LogP contribution in [0.5, 0.6) is 5.75 Å². The molecular formula is C19H16O6S. The van der Waals surface area contributed by atoms with E-state index in [1.54, 1.807) is 31.2 Å². The number of ether oxygens (including phenoxy) is 1. The molecule has 0 radical (unpaired) electrons. The van der Waals surface area contributed by atoms with Gasteiger partial charge in [0.1, 0.15) is 11.3 Å². The lowest BCUT2D eigenvalue weighted by atomic mass is 10.1. The lowest BCUT2D eigenvalue weighted by Crippen LogP contribution is -2.09. The van der Waals surface area contributed by atoms with Crippen LogP contribution in [-0.4, -0.2) is 20.6 Å². The average Bonchev–Trinajstić information content (AvgIpc) is 2.53. The zero-order valence-electron chi connectivity index (χ0n) is 14.2. The van der Waals surface area contributed by atoms with Crippen LogP contribution in [0.15, 0.2) is 57.7 Å². The molecule has 0 aliphatic heterocycles. The molecule has 0 saturated carbocycles. The van der Waals surface area contributed by atoms with Gasteiger partial charge >= 0.3 is 11.6 Å². The van der Waals surface area contributed by atoms with Crippen molar-refractivity contribution in [3.05, 3.63) is 75.6 Å². The van der Waals surface area contributed by atoms with Gasteiger partial charge in [0.05, 0.1) is 11.3 Å². The van der Waals surface area contributed by atoms with Crippen LogP contribution in [0.1, 0.15) is 21.5 Å². The predicted octanol–water partition coefficient (Wildman–Crippen LogP) is 2.87. The van der Waals surface area contributed by atoms with E-state index < -0.39 is 21.4 Å². The Labute approximate surface area is 149 Å². The van der Waals surface area contributed by atoms with Crippen LogP contribution in [-0.2, 0) is 15.6 Å². The molecule has 7 heteroatoms. The highest BCUT2D eigenvalue weighted by molar-refractivity contribution is 7.89. The summed E-state index contributed by atoms with van der Waals surface area (Å²) in [4.78, 5) is 23.7. The van der Waals surface area contributed by atoms with Gasteiger partial charge in [0.25, 0.3) is 0 Å². The van der Waals surface area contributed by atoms with E-state index in [-0.39, 0.29) is 17.1 Å². The first-order chi connectivity index (χ1) is 12.2. The first-order valence-corrected chi connectivity index (χ1v) is 9.81. The number of hydrogen-bond donors (Lipinski definition) is 0. The van der Waals surface area contributed by atoms with Crippen molar-refractivity contribution in [2.45, 2.75) is 12.7 Å². The van der Waals surface area contributed by atoms with Gasteiger partial charge in [-0.1, -0.05) is 12.1 Å². The van der Waals surface area contributed by atoms with Crippen molar-refractivity contribution in [2.24, 2.45) is 0 Å². The number of fused-ring (bicyclic) bond motifs is 1. The summed E-state index contributed by atoms with van der Waals surface area (Å²) >= 11 is 0. The molecule has 0 fully saturated rings. The molecule has 0 atom stereocenters. The fourth-order valence-electron chi connectivity index (χ4n) is 2.57. The highest BCUT2D eigenvalue weighted by atomic mass is 32.2. The lowest BCUT2D eigenvalue weighted by Gasteiger charge is -2.07. The minimum Gasteiger partial charge on any atom is -0.423 e. The molecule has 0 bridgehead atoms. The maximum Gasteiger partial charge on any atom is 0.343 e. The Morgan fingerprint density at radius 2 is 1.77 bits per heavy atom. The summed E-state index contributed by atoms with van der Waals surface area (Å²) in [6, 6.07) is 12.4. The van der Waals surface area contributed by atoms with Crippen molar-refractivity contribution >= 4 is 26.8 Å². The van der Waals surface area contributed by atoms with Crippen LogP contribution in [0.4, 0.5) is 0 Å². The second-order valence-electron chi connectivity index (χ2n) is 6.06. The number of carbonyl (C=O) groups excluding carboxylic acids is 1. The van der Waals surface area contributed by atoms with Gasteiger partial charge in [-0.25, -0.2) is 18.0 Å². The largest absolute Gasteiger partial charge is 0.423 e. The molecule has 26 heavy (non-hydrogen) atoms. The lowest BCUT2D eigenvalue weighted by molar-refractivity contribution is 0.0735. The van der Waals surface area contributed by atoms with Gasteiger partial charge in [0.2, 0.25) is 0 Å². The highest BCUT2D eigenvalue weighted by Gasteiger charge is 2.12. The summed E-state index contributed by atoms with van der Waals surface area (Å²) < 4.78 is 33.0. The molecule has 1 aromatic heterocycles. The fourth-order valence-corrected chi connectivity index (χ4v) is 3.37.